The van der Waals surface area contributed by atoms with Crippen molar-refractivity contribution in [2.45, 2.75) is 26.2 Å². The Morgan fingerprint density at radius 2 is 2.00 bits per heavy atom. The summed E-state index contributed by atoms with van der Waals surface area (Å²) >= 11 is 0. The number of aromatic amines is 1. The van der Waals surface area contributed by atoms with Crippen LogP contribution in [0.3, 0.4) is 0 Å². The first-order valence-corrected chi connectivity index (χ1v) is 7.81. The number of ether oxygens (including phenoxy) is 1. The van der Waals surface area contributed by atoms with E-state index >= 15 is 0 Å². The Morgan fingerprint density at radius 3 is 2.64 bits per heavy atom. The van der Waals surface area contributed by atoms with Crippen molar-refractivity contribution in [2.75, 3.05) is 5.32 Å². The van der Waals surface area contributed by atoms with Gasteiger partial charge in [0, 0.05) is 23.4 Å². The summed E-state index contributed by atoms with van der Waals surface area (Å²) in [5, 5.41) is 9.87. The smallest absolute Gasteiger partial charge is 0.238 e. The number of hydrogen-bond donors (Lipinski definition) is 2. The Morgan fingerprint density at radius 1 is 1.27 bits per heavy atom. The van der Waals surface area contributed by atoms with Gasteiger partial charge >= 0.3 is 0 Å². The van der Waals surface area contributed by atoms with E-state index in [0.29, 0.717) is 23.5 Å². The molecule has 2 saturated carbocycles. The first kappa shape index (κ1) is 13.4. The molecule has 0 bridgehead atoms. The van der Waals surface area contributed by atoms with E-state index in [4.69, 9.17) is 4.74 Å². The van der Waals surface area contributed by atoms with Crippen LogP contribution < -0.4 is 10.1 Å². The zero-order chi connectivity index (χ0) is 15.1. The molecule has 2 atom stereocenters. The van der Waals surface area contributed by atoms with Gasteiger partial charge in [-0.3, -0.25) is 9.89 Å². The van der Waals surface area contributed by atoms with Crippen LogP contribution in [-0.2, 0) is 4.79 Å². The van der Waals surface area contributed by atoms with Crippen LogP contribution >= 0.6 is 0 Å². The van der Waals surface area contributed by atoms with E-state index in [9.17, 15) is 4.79 Å². The van der Waals surface area contributed by atoms with Crippen molar-refractivity contribution >= 4 is 11.6 Å². The van der Waals surface area contributed by atoms with E-state index < -0.39 is 0 Å². The van der Waals surface area contributed by atoms with Crippen molar-refractivity contribution in [1.29, 1.82) is 0 Å². The minimum Gasteiger partial charge on any atom is -0.438 e. The zero-order valence-electron chi connectivity index (χ0n) is 12.5. The second kappa shape index (κ2) is 5.16. The molecular weight excluding hydrogens is 278 g/mol. The first-order chi connectivity index (χ1) is 10.7. The molecule has 0 radical (unpaired) electrons. The summed E-state index contributed by atoms with van der Waals surface area (Å²) in [5.41, 5.74) is 1.77. The van der Waals surface area contributed by atoms with Crippen molar-refractivity contribution in [3.63, 3.8) is 0 Å². The molecule has 1 aromatic carbocycles. The number of benzene rings is 1. The van der Waals surface area contributed by atoms with Gasteiger partial charge in [-0.15, -0.1) is 5.10 Å². The molecule has 0 aliphatic heterocycles. The molecule has 2 fully saturated rings. The quantitative estimate of drug-likeness (QED) is 0.907. The van der Waals surface area contributed by atoms with Gasteiger partial charge in [-0.1, -0.05) is 6.42 Å². The molecule has 0 spiro atoms. The molecule has 0 saturated heterocycles. The van der Waals surface area contributed by atoms with Crippen LogP contribution in [0.4, 0.5) is 5.69 Å². The number of nitrogens with one attached hydrogen (secondary N) is 2. The Kier molecular flexibility index (Phi) is 3.13. The third-order valence-corrected chi connectivity index (χ3v) is 4.74. The topological polar surface area (TPSA) is 67.0 Å². The number of fused-ring (bicyclic) bond motifs is 1. The number of anilines is 1. The molecule has 5 nitrogen and oxygen atoms in total. The lowest BCUT2D eigenvalue weighted by atomic mass is 10.1. The molecule has 5 heteroatoms. The summed E-state index contributed by atoms with van der Waals surface area (Å²) < 4.78 is 5.62. The van der Waals surface area contributed by atoms with E-state index in [1.807, 2.05) is 37.3 Å². The predicted molar refractivity (Wildman–Crippen MR) is 82.8 cm³/mol. The second-order valence-corrected chi connectivity index (χ2v) is 6.29. The van der Waals surface area contributed by atoms with Gasteiger partial charge in [-0.05, 0) is 55.9 Å². The van der Waals surface area contributed by atoms with E-state index in [0.717, 1.165) is 11.4 Å². The number of aromatic nitrogens is 2. The third kappa shape index (κ3) is 2.47. The fourth-order valence-electron chi connectivity index (χ4n) is 3.61. The number of H-pyrrole nitrogens is 1. The highest BCUT2D eigenvalue weighted by Crippen LogP contribution is 2.57. The van der Waals surface area contributed by atoms with Crippen LogP contribution in [0.2, 0.25) is 0 Å². The highest BCUT2D eigenvalue weighted by Gasteiger charge is 2.56. The summed E-state index contributed by atoms with van der Waals surface area (Å²) in [6, 6.07) is 9.25. The molecule has 2 aliphatic carbocycles. The fourth-order valence-corrected chi connectivity index (χ4v) is 3.61. The molecule has 1 heterocycles. The third-order valence-electron chi connectivity index (χ3n) is 4.74. The van der Waals surface area contributed by atoms with E-state index in [1.165, 1.54) is 19.3 Å². The molecule has 2 aliphatic rings. The van der Waals surface area contributed by atoms with Gasteiger partial charge in [-0.2, -0.15) is 0 Å². The van der Waals surface area contributed by atoms with Crippen molar-refractivity contribution < 1.29 is 9.53 Å². The summed E-state index contributed by atoms with van der Waals surface area (Å²) in [6.07, 6.45) is 3.73. The normalized spacial score (nSPS) is 25.6. The van der Waals surface area contributed by atoms with Gasteiger partial charge in [0.15, 0.2) is 0 Å². The van der Waals surface area contributed by atoms with Gasteiger partial charge in [0.1, 0.15) is 5.75 Å². The lowest BCUT2D eigenvalue weighted by molar-refractivity contribution is -0.118. The molecule has 1 amide bonds. The van der Waals surface area contributed by atoms with Crippen LogP contribution in [0.5, 0.6) is 11.6 Å². The first-order valence-electron chi connectivity index (χ1n) is 7.81. The molecule has 0 unspecified atom stereocenters. The Labute approximate surface area is 129 Å². The van der Waals surface area contributed by atoms with Crippen molar-refractivity contribution in [3.8, 4) is 11.6 Å². The largest absolute Gasteiger partial charge is 0.438 e. The lowest BCUT2D eigenvalue weighted by Gasteiger charge is -2.07. The Balaban J connectivity index is 1.36. The monoisotopic (exact) mass is 297 g/mol. The maximum absolute atomic E-state index is 12.2. The number of nitrogens with zero attached hydrogens (tertiary/aromatic N) is 1. The second-order valence-electron chi connectivity index (χ2n) is 6.29. The Hall–Kier alpha value is -2.30. The fraction of sp³-hybridized carbons (Fsp3) is 0.412. The van der Waals surface area contributed by atoms with Crippen molar-refractivity contribution in [1.82, 2.24) is 10.2 Å². The molecule has 22 heavy (non-hydrogen) atoms. The molecule has 1 aromatic heterocycles. The SMILES string of the molecule is Cc1cc(Oc2ccc(NC(=O)C3[C@H]4CCC[C@H]34)cc2)n[nH]1. The average molecular weight is 297 g/mol. The lowest BCUT2D eigenvalue weighted by Crippen LogP contribution is -2.16. The minimum atomic E-state index is 0.172. The predicted octanol–water partition coefficient (Wildman–Crippen LogP) is 3.50. The highest BCUT2D eigenvalue weighted by atomic mass is 16.5. The number of amides is 1. The van der Waals surface area contributed by atoms with Gasteiger partial charge in [0.2, 0.25) is 11.8 Å². The number of hydrogen-bond acceptors (Lipinski definition) is 3. The highest BCUT2D eigenvalue weighted by molar-refractivity contribution is 5.95. The van der Waals surface area contributed by atoms with Gasteiger partial charge in [-0.25, -0.2) is 0 Å². The maximum Gasteiger partial charge on any atom is 0.238 e. The van der Waals surface area contributed by atoms with Gasteiger partial charge in [0.05, 0.1) is 0 Å². The molecular formula is C17H19N3O2. The maximum atomic E-state index is 12.2. The molecule has 4 rings (SSSR count). The van der Waals surface area contributed by atoms with Crippen molar-refractivity contribution in [3.05, 3.63) is 36.0 Å². The Bertz CT molecular complexity index is 682. The minimum absolute atomic E-state index is 0.172. The average Bonchev–Trinajstić information content (AvgIpc) is 2.84. The van der Waals surface area contributed by atoms with Crippen LogP contribution in [-0.4, -0.2) is 16.1 Å². The van der Waals surface area contributed by atoms with Gasteiger partial charge in [0.25, 0.3) is 0 Å². The summed E-state index contributed by atoms with van der Waals surface area (Å²) in [4.78, 5) is 12.2. The van der Waals surface area contributed by atoms with Crippen molar-refractivity contribution in [2.24, 2.45) is 17.8 Å². The summed E-state index contributed by atoms with van der Waals surface area (Å²) in [6.45, 7) is 1.92. The van der Waals surface area contributed by atoms with E-state index in [-0.39, 0.29) is 11.8 Å². The van der Waals surface area contributed by atoms with E-state index in [1.54, 1.807) is 0 Å². The van der Waals surface area contributed by atoms with Crippen LogP contribution in [0.1, 0.15) is 25.0 Å². The van der Waals surface area contributed by atoms with Crippen LogP contribution in [0, 0.1) is 24.7 Å². The molecule has 2 aromatic rings. The standard InChI is InChI=1S/C17H19N3O2/c1-10-9-15(20-19-10)22-12-7-5-11(6-8-12)18-17(21)16-13-3-2-4-14(13)16/h5-9,13-14,16H,2-4H2,1H3,(H,18,21)(H,19,20)/t13-,14-/m0/s1. The van der Waals surface area contributed by atoms with Crippen LogP contribution in [0.15, 0.2) is 30.3 Å². The molecule has 114 valence electrons. The number of carbonyl (C=O) groups is 1. The zero-order valence-corrected chi connectivity index (χ0v) is 12.5. The number of carbonyl (C=O) groups excluding carboxylic acids is 1. The number of aryl methyl sites for hydroxylation is 1. The number of rotatable bonds is 4. The van der Waals surface area contributed by atoms with E-state index in [2.05, 4.69) is 15.5 Å². The molecule has 2 N–H and O–H groups in total. The van der Waals surface area contributed by atoms with Gasteiger partial charge < -0.3 is 10.1 Å². The van der Waals surface area contributed by atoms with Crippen LogP contribution in [0.25, 0.3) is 0 Å². The summed E-state index contributed by atoms with van der Waals surface area (Å²) in [5.74, 6) is 2.95. The summed E-state index contributed by atoms with van der Waals surface area (Å²) in [7, 11) is 0.